The number of nitrogens with zero attached hydrogens (tertiary/aromatic N) is 2. The molecule has 1 aliphatic heterocycles. The summed E-state index contributed by atoms with van der Waals surface area (Å²) in [6, 6.07) is 7.10. The summed E-state index contributed by atoms with van der Waals surface area (Å²) in [4.78, 5) is 36.4. The first-order valence-electron chi connectivity index (χ1n) is 7.01. The van der Waals surface area contributed by atoms with Crippen LogP contribution in [-0.4, -0.2) is 39.4 Å². The van der Waals surface area contributed by atoms with Gasteiger partial charge in [0, 0.05) is 29.7 Å². The number of hydrogen-bond acceptors (Lipinski definition) is 5. The van der Waals surface area contributed by atoms with Crippen molar-refractivity contribution in [2.75, 3.05) is 7.05 Å². The van der Waals surface area contributed by atoms with Gasteiger partial charge in [0.2, 0.25) is 0 Å². The Morgan fingerprint density at radius 3 is 2.75 bits per heavy atom. The van der Waals surface area contributed by atoms with E-state index in [2.05, 4.69) is 5.32 Å². The number of carbonyl (C=O) groups is 3. The Balaban J connectivity index is 2.13. The molecule has 1 N–H and O–H groups in total. The van der Waals surface area contributed by atoms with Gasteiger partial charge in [-0.1, -0.05) is 18.2 Å². The van der Waals surface area contributed by atoms with Crippen LogP contribution in [0.5, 0.6) is 0 Å². The number of aliphatic carboxylic acids is 1. The Kier molecular flexibility index (Phi) is 3.90. The Morgan fingerprint density at radius 2 is 2.04 bits per heavy atom. The van der Waals surface area contributed by atoms with E-state index in [4.69, 9.17) is 12.2 Å². The summed E-state index contributed by atoms with van der Waals surface area (Å²) in [5.74, 6) is -2.33. The summed E-state index contributed by atoms with van der Waals surface area (Å²) >= 11 is 4.90. The second kappa shape index (κ2) is 5.89. The predicted molar refractivity (Wildman–Crippen MR) is 88.4 cm³/mol. The first-order chi connectivity index (χ1) is 11.4. The van der Waals surface area contributed by atoms with Crippen molar-refractivity contribution in [2.45, 2.75) is 6.54 Å². The van der Waals surface area contributed by atoms with E-state index < -0.39 is 17.8 Å². The number of aromatic nitrogens is 1. The summed E-state index contributed by atoms with van der Waals surface area (Å²) in [5.41, 5.74) is 1.16. The highest BCUT2D eigenvalue weighted by atomic mass is 32.1. The molecule has 0 atom stereocenters. The quantitative estimate of drug-likeness (QED) is 0.467. The molecule has 0 saturated carbocycles. The summed E-state index contributed by atoms with van der Waals surface area (Å²) in [6.07, 6.45) is 3.00. The number of carboxylic acids is 1. The third-order valence-corrected chi connectivity index (χ3v) is 4.10. The molecular weight excluding hydrogens is 330 g/mol. The van der Waals surface area contributed by atoms with Crippen LogP contribution in [0.15, 0.2) is 36.0 Å². The molecular formula is C16H12N3O4S-. The molecule has 0 aliphatic carbocycles. The van der Waals surface area contributed by atoms with Crippen LogP contribution >= 0.6 is 12.2 Å². The molecule has 1 aromatic carbocycles. The largest absolute Gasteiger partial charge is 0.548 e. The van der Waals surface area contributed by atoms with Gasteiger partial charge in [0.05, 0.1) is 12.5 Å². The maximum atomic E-state index is 12.3. The zero-order valence-electron chi connectivity index (χ0n) is 12.6. The van der Waals surface area contributed by atoms with Crippen molar-refractivity contribution in [1.29, 1.82) is 0 Å². The fraction of sp³-hybridized carbons (Fsp3) is 0.125. The third-order valence-electron chi connectivity index (χ3n) is 3.72. The Labute approximate surface area is 142 Å². The third kappa shape index (κ3) is 2.67. The van der Waals surface area contributed by atoms with Crippen LogP contribution < -0.4 is 10.4 Å². The van der Waals surface area contributed by atoms with Crippen LogP contribution in [0.4, 0.5) is 0 Å². The highest BCUT2D eigenvalue weighted by Gasteiger charge is 2.31. The zero-order chi connectivity index (χ0) is 17.4. The summed E-state index contributed by atoms with van der Waals surface area (Å²) in [7, 11) is 1.47. The lowest BCUT2D eigenvalue weighted by atomic mass is 10.1. The Bertz CT molecular complexity index is 929. The smallest absolute Gasteiger partial charge is 0.265 e. The first kappa shape index (κ1) is 15.9. The fourth-order valence-electron chi connectivity index (χ4n) is 2.56. The predicted octanol–water partition coefficient (Wildman–Crippen LogP) is -0.352. The molecule has 0 bridgehead atoms. The van der Waals surface area contributed by atoms with Gasteiger partial charge in [0.1, 0.15) is 5.57 Å². The van der Waals surface area contributed by atoms with Crippen molar-refractivity contribution >= 4 is 52.1 Å². The highest BCUT2D eigenvalue weighted by molar-refractivity contribution is 7.80. The van der Waals surface area contributed by atoms with Gasteiger partial charge in [-0.05, 0) is 24.4 Å². The average molecular weight is 342 g/mol. The van der Waals surface area contributed by atoms with E-state index in [1.54, 1.807) is 30.5 Å². The molecule has 1 aromatic heterocycles. The van der Waals surface area contributed by atoms with Crippen LogP contribution in [0.2, 0.25) is 0 Å². The number of amides is 2. The van der Waals surface area contributed by atoms with Crippen molar-refractivity contribution in [1.82, 2.24) is 14.8 Å². The molecule has 1 aliphatic rings. The number of para-hydroxylation sites is 1. The first-order valence-corrected chi connectivity index (χ1v) is 7.42. The molecule has 1 fully saturated rings. The standard InChI is InChI=1S/C16H13N3O4S/c1-18-15(23)11(14(22)17-16(18)24)6-9-7-19(8-13(20)21)12-5-3-2-4-10(9)12/h2-7H,8H2,1H3,(H,20,21)(H,17,22,24)/p-1. The number of rotatable bonds is 3. The highest BCUT2D eigenvalue weighted by Crippen LogP contribution is 2.24. The second-order valence-electron chi connectivity index (χ2n) is 5.28. The van der Waals surface area contributed by atoms with Crippen molar-refractivity contribution in [3.63, 3.8) is 0 Å². The number of carboxylic acid groups (broad SMARTS) is 1. The van der Waals surface area contributed by atoms with E-state index in [9.17, 15) is 19.5 Å². The lowest BCUT2D eigenvalue weighted by molar-refractivity contribution is -0.306. The van der Waals surface area contributed by atoms with Crippen LogP contribution in [0.25, 0.3) is 17.0 Å². The molecule has 0 spiro atoms. The molecule has 122 valence electrons. The minimum absolute atomic E-state index is 0.0431. The molecule has 0 unspecified atom stereocenters. The number of fused-ring (bicyclic) bond motifs is 1. The normalized spacial score (nSPS) is 16.8. The van der Waals surface area contributed by atoms with E-state index in [0.717, 1.165) is 5.39 Å². The van der Waals surface area contributed by atoms with Crippen LogP contribution in [-0.2, 0) is 20.9 Å². The van der Waals surface area contributed by atoms with Crippen molar-refractivity contribution in [3.05, 3.63) is 41.6 Å². The van der Waals surface area contributed by atoms with E-state index in [1.807, 2.05) is 0 Å². The van der Waals surface area contributed by atoms with Crippen LogP contribution in [0, 0.1) is 0 Å². The van der Waals surface area contributed by atoms with Crippen molar-refractivity contribution in [2.24, 2.45) is 0 Å². The molecule has 7 nitrogen and oxygen atoms in total. The minimum atomic E-state index is -1.23. The van der Waals surface area contributed by atoms with Gasteiger partial charge in [-0.25, -0.2) is 0 Å². The van der Waals surface area contributed by atoms with Crippen LogP contribution in [0.3, 0.4) is 0 Å². The lowest BCUT2D eigenvalue weighted by Gasteiger charge is -2.24. The maximum absolute atomic E-state index is 12.3. The topological polar surface area (TPSA) is 94.5 Å². The Morgan fingerprint density at radius 1 is 1.33 bits per heavy atom. The fourth-order valence-corrected chi connectivity index (χ4v) is 2.74. The Hall–Kier alpha value is -3.00. The summed E-state index contributed by atoms with van der Waals surface area (Å²) in [6.45, 7) is -0.326. The number of benzene rings is 1. The van der Waals surface area contributed by atoms with E-state index in [0.29, 0.717) is 11.1 Å². The monoisotopic (exact) mass is 342 g/mol. The average Bonchev–Trinajstić information content (AvgIpc) is 2.87. The van der Waals surface area contributed by atoms with E-state index in [1.165, 1.54) is 22.6 Å². The van der Waals surface area contributed by atoms with Gasteiger partial charge in [-0.3, -0.25) is 19.8 Å². The minimum Gasteiger partial charge on any atom is -0.548 e. The lowest BCUT2D eigenvalue weighted by Crippen LogP contribution is -2.52. The molecule has 2 aromatic rings. The molecule has 2 heterocycles. The number of carbonyl (C=O) groups excluding carboxylic acids is 3. The van der Waals surface area contributed by atoms with E-state index >= 15 is 0 Å². The van der Waals surface area contributed by atoms with Crippen molar-refractivity contribution < 1.29 is 19.5 Å². The molecule has 2 amide bonds. The molecule has 1 saturated heterocycles. The molecule has 8 heteroatoms. The molecule has 24 heavy (non-hydrogen) atoms. The number of likely N-dealkylation sites (N-methyl/N-ethyl adjacent to an activating group) is 1. The second-order valence-corrected chi connectivity index (χ2v) is 5.67. The van der Waals surface area contributed by atoms with Gasteiger partial charge < -0.3 is 14.5 Å². The summed E-state index contributed by atoms with van der Waals surface area (Å²) < 4.78 is 1.50. The maximum Gasteiger partial charge on any atom is 0.265 e. The van der Waals surface area contributed by atoms with Gasteiger partial charge in [0.15, 0.2) is 5.11 Å². The van der Waals surface area contributed by atoms with Crippen molar-refractivity contribution in [3.8, 4) is 0 Å². The summed E-state index contributed by atoms with van der Waals surface area (Å²) in [5, 5.41) is 14.1. The van der Waals surface area contributed by atoms with Crippen LogP contribution in [0.1, 0.15) is 5.56 Å². The van der Waals surface area contributed by atoms with Gasteiger partial charge in [-0.2, -0.15) is 0 Å². The number of hydrogen-bond donors (Lipinski definition) is 1. The van der Waals surface area contributed by atoms with Gasteiger partial charge in [-0.15, -0.1) is 0 Å². The molecule has 0 radical (unpaired) electrons. The van der Waals surface area contributed by atoms with Gasteiger partial charge >= 0.3 is 0 Å². The van der Waals surface area contributed by atoms with Gasteiger partial charge in [0.25, 0.3) is 11.8 Å². The zero-order valence-corrected chi connectivity index (χ0v) is 13.4. The number of thiocarbonyl (C=S) groups is 1. The SMILES string of the molecule is CN1C(=O)C(=Cc2cn(CC(=O)[O-])c3ccccc23)C(=O)NC1=S. The molecule has 3 rings (SSSR count). The number of nitrogens with one attached hydrogen (secondary N) is 1. The van der Waals surface area contributed by atoms with E-state index in [-0.39, 0.29) is 17.2 Å².